The van der Waals surface area contributed by atoms with Gasteiger partial charge in [0.05, 0.1) is 4.88 Å². The maximum Gasteiger partial charge on any atom is 0.222 e. The standard InChI is InChI=1S/C11H7Br2NOS/c1-6-2-3-16-11(6)10(15)9-8(13)4-7(12)5-14-9/h2-5H,1H3. The predicted octanol–water partition coefficient (Wildman–Crippen LogP) is 4.21. The van der Waals surface area contributed by atoms with Crippen LogP contribution in [-0.2, 0) is 0 Å². The lowest BCUT2D eigenvalue weighted by atomic mass is 10.1. The predicted molar refractivity (Wildman–Crippen MR) is 72.1 cm³/mol. The van der Waals surface area contributed by atoms with Crippen LogP contribution in [0.2, 0.25) is 0 Å². The molecular weight excluding hydrogens is 354 g/mol. The fraction of sp³-hybridized carbons (Fsp3) is 0.0909. The number of thiophene rings is 1. The van der Waals surface area contributed by atoms with E-state index in [4.69, 9.17) is 0 Å². The lowest BCUT2D eigenvalue weighted by Crippen LogP contribution is -2.04. The molecule has 0 aliphatic heterocycles. The van der Waals surface area contributed by atoms with E-state index in [1.54, 1.807) is 6.20 Å². The van der Waals surface area contributed by atoms with Crippen molar-refractivity contribution in [1.29, 1.82) is 0 Å². The summed E-state index contributed by atoms with van der Waals surface area (Å²) in [6.45, 7) is 1.93. The molecule has 82 valence electrons. The number of hydrogen-bond acceptors (Lipinski definition) is 3. The molecule has 2 aromatic rings. The van der Waals surface area contributed by atoms with Crippen molar-refractivity contribution in [3.05, 3.63) is 48.8 Å². The van der Waals surface area contributed by atoms with Crippen molar-refractivity contribution in [2.45, 2.75) is 6.92 Å². The number of halogens is 2. The highest BCUT2D eigenvalue weighted by Crippen LogP contribution is 2.25. The monoisotopic (exact) mass is 359 g/mol. The Labute approximate surface area is 114 Å². The first-order chi connectivity index (χ1) is 7.59. The summed E-state index contributed by atoms with van der Waals surface area (Å²) >= 11 is 8.10. The van der Waals surface area contributed by atoms with Crippen LogP contribution >= 0.6 is 43.2 Å². The normalized spacial score (nSPS) is 10.4. The van der Waals surface area contributed by atoms with Gasteiger partial charge in [-0.3, -0.25) is 9.78 Å². The Morgan fingerprint density at radius 3 is 2.75 bits per heavy atom. The van der Waals surface area contributed by atoms with Crippen LogP contribution in [0.4, 0.5) is 0 Å². The first-order valence-electron chi connectivity index (χ1n) is 4.49. The highest BCUT2D eigenvalue weighted by atomic mass is 79.9. The number of aryl methyl sites for hydroxylation is 1. The molecule has 2 heterocycles. The molecule has 0 aromatic carbocycles. The van der Waals surface area contributed by atoms with E-state index in [9.17, 15) is 4.79 Å². The first-order valence-corrected chi connectivity index (χ1v) is 6.96. The fourth-order valence-corrected chi connectivity index (χ4v) is 3.33. The van der Waals surface area contributed by atoms with Gasteiger partial charge >= 0.3 is 0 Å². The van der Waals surface area contributed by atoms with Crippen molar-refractivity contribution in [3.63, 3.8) is 0 Å². The summed E-state index contributed by atoms with van der Waals surface area (Å²) in [5, 5.41) is 1.91. The summed E-state index contributed by atoms with van der Waals surface area (Å²) < 4.78 is 1.55. The molecule has 2 aromatic heterocycles. The van der Waals surface area contributed by atoms with Gasteiger partial charge in [0, 0.05) is 15.1 Å². The number of hydrogen-bond donors (Lipinski definition) is 0. The number of carbonyl (C=O) groups is 1. The van der Waals surface area contributed by atoms with Gasteiger partial charge < -0.3 is 0 Å². The van der Waals surface area contributed by atoms with Gasteiger partial charge in [-0.1, -0.05) is 0 Å². The van der Waals surface area contributed by atoms with Crippen molar-refractivity contribution in [3.8, 4) is 0 Å². The Morgan fingerprint density at radius 1 is 1.44 bits per heavy atom. The van der Waals surface area contributed by atoms with Gasteiger partial charge in [0.1, 0.15) is 5.69 Å². The second kappa shape index (κ2) is 4.77. The third-order valence-corrected chi connectivity index (χ3v) is 4.14. The molecule has 5 heteroatoms. The topological polar surface area (TPSA) is 30.0 Å². The number of nitrogens with zero attached hydrogens (tertiary/aromatic N) is 1. The third-order valence-electron chi connectivity index (χ3n) is 2.09. The lowest BCUT2D eigenvalue weighted by Gasteiger charge is -2.02. The molecule has 0 radical (unpaired) electrons. The molecule has 0 atom stereocenters. The highest BCUT2D eigenvalue weighted by Gasteiger charge is 2.17. The zero-order valence-electron chi connectivity index (χ0n) is 8.33. The summed E-state index contributed by atoms with van der Waals surface area (Å²) in [7, 11) is 0. The molecule has 0 saturated heterocycles. The summed E-state index contributed by atoms with van der Waals surface area (Å²) in [5.41, 5.74) is 1.44. The molecule has 0 aliphatic carbocycles. The Morgan fingerprint density at radius 2 is 2.19 bits per heavy atom. The summed E-state index contributed by atoms with van der Waals surface area (Å²) in [5.74, 6) is -0.0353. The van der Waals surface area contributed by atoms with Crippen LogP contribution in [0.15, 0.2) is 32.7 Å². The van der Waals surface area contributed by atoms with E-state index in [-0.39, 0.29) is 5.78 Å². The minimum Gasteiger partial charge on any atom is -0.286 e. The van der Waals surface area contributed by atoms with Crippen molar-refractivity contribution in [1.82, 2.24) is 4.98 Å². The van der Waals surface area contributed by atoms with Gasteiger partial charge in [0.15, 0.2) is 0 Å². The van der Waals surface area contributed by atoms with E-state index in [2.05, 4.69) is 36.8 Å². The Hall–Kier alpha value is -0.520. The molecule has 0 bridgehead atoms. The van der Waals surface area contributed by atoms with Crippen LogP contribution < -0.4 is 0 Å². The number of ketones is 1. The van der Waals surface area contributed by atoms with Crippen LogP contribution in [0.3, 0.4) is 0 Å². The maximum atomic E-state index is 12.2. The molecule has 0 N–H and O–H groups in total. The summed E-state index contributed by atoms with van der Waals surface area (Å²) in [4.78, 5) is 17.0. The van der Waals surface area contributed by atoms with E-state index >= 15 is 0 Å². The molecule has 16 heavy (non-hydrogen) atoms. The summed E-state index contributed by atoms with van der Waals surface area (Å²) in [6.07, 6.45) is 1.63. The molecule has 0 saturated carbocycles. The van der Waals surface area contributed by atoms with E-state index < -0.39 is 0 Å². The van der Waals surface area contributed by atoms with Crippen molar-refractivity contribution in [2.24, 2.45) is 0 Å². The van der Waals surface area contributed by atoms with E-state index in [0.717, 1.165) is 14.9 Å². The Bertz CT molecular complexity index is 551. The zero-order valence-corrected chi connectivity index (χ0v) is 12.3. The van der Waals surface area contributed by atoms with Gasteiger partial charge in [-0.05, 0) is 61.9 Å². The molecule has 0 amide bonds. The Kier molecular flexibility index (Phi) is 3.56. The molecule has 0 aliphatic rings. The molecule has 0 fully saturated rings. The number of carbonyl (C=O) groups excluding carboxylic acids is 1. The van der Waals surface area contributed by atoms with Crippen LogP contribution in [0.25, 0.3) is 0 Å². The van der Waals surface area contributed by atoms with Gasteiger partial charge in [0.25, 0.3) is 0 Å². The van der Waals surface area contributed by atoms with Crippen LogP contribution in [-0.4, -0.2) is 10.8 Å². The third kappa shape index (κ3) is 2.26. The Balaban J connectivity index is 2.46. The highest BCUT2D eigenvalue weighted by molar-refractivity contribution is 9.11. The fourth-order valence-electron chi connectivity index (χ4n) is 1.29. The van der Waals surface area contributed by atoms with Crippen LogP contribution in [0, 0.1) is 6.92 Å². The quantitative estimate of drug-likeness (QED) is 0.751. The maximum absolute atomic E-state index is 12.2. The van der Waals surface area contributed by atoms with Crippen LogP contribution in [0.5, 0.6) is 0 Å². The largest absolute Gasteiger partial charge is 0.286 e. The molecule has 0 spiro atoms. The molecule has 2 rings (SSSR count). The zero-order chi connectivity index (χ0) is 11.7. The minimum atomic E-state index is -0.0353. The number of rotatable bonds is 2. The van der Waals surface area contributed by atoms with Gasteiger partial charge in [-0.25, -0.2) is 0 Å². The van der Waals surface area contributed by atoms with Crippen molar-refractivity contribution >= 4 is 49.0 Å². The second-order valence-corrected chi connectivity index (χ2v) is 5.93. The van der Waals surface area contributed by atoms with Gasteiger partial charge in [-0.2, -0.15) is 0 Å². The number of aromatic nitrogens is 1. The van der Waals surface area contributed by atoms with Gasteiger partial charge in [-0.15, -0.1) is 11.3 Å². The smallest absolute Gasteiger partial charge is 0.222 e. The average molecular weight is 361 g/mol. The van der Waals surface area contributed by atoms with E-state index in [0.29, 0.717) is 10.2 Å². The van der Waals surface area contributed by atoms with Crippen molar-refractivity contribution < 1.29 is 4.79 Å². The van der Waals surface area contributed by atoms with Gasteiger partial charge in [0.2, 0.25) is 5.78 Å². The second-order valence-electron chi connectivity index (χ2n) is 3.25. The van der Waals surface area contributed by atoms with E-state index in [1.807, 2.05) is 24.4 Å². The minimum absolute atomic E-state index is 0.0353. The average Bonchev–Trinajstić information content (AvgIpc) is 2.63. The van der Waals surface area contributed by atoms with Crippen LogP contribution in [0.1, 0.15) is 20.9 Å². The number of pyridine rings is 1. The lowest BCUT2D eigenvalue weighted by molar-refractivity contribution is 0.103. The van der Waals surface area contributed by atoms with Crippen molar-refractivity contribution in [2.75, 3.05) is 0 Å². The molecular formula is C11H7Br2NOS. The van der Waals surface area contributed by atoms with E-state index in [1.165, 1.54) is 11.3 Å². The molecule has 2 nitrogen and oxygen atoms in total. The SMILES string of the molecule is Cc1ccsc1C(=O)c1ncc(Br)cc1Br. The first kappa shape index (κ1) is 12.0. The molecule has 0 unspecified atom stereocenters. The summed E-state index contributed by atoms with van der Waals surface area (Å²) in [6, 6.07) is 3.76.